The molecule has 0 amide bonds. The molecule has 98 valence electrons. The molecule has 0 atom stereocenters. The summed E-state index contributed by atoms with van der Waals surface area (Å²) in [5, 5.41) is 3.43. The number of nitrogens with zero attached hydrogens (tertiary/aromatic N) is 1. The second-order valence-electron chi connectivity index (χ2n) is 3.89. The average molecular weight is 262 g/mol. The van der Waals surface area contributed by atoms with E-state index in [1.807, 2.05) is 24.3 Å². The molecule has 2 N–H and O–H groups in total. The molecular weight excluding hydrogens is 250 g/mol. The van der Waals surface area contributed by atoms with Crippen LogP contribution >= 0.6 is 0 Å². The van der Waals surface area contributed by atoms with Crippen LogP contribution in [0.3, 0.4) is 0 Å². The number of benzene rings is 2. The summed E-state index contributed by atoms with van der Waals surface area (Å²) in [5.41, 5.74) is 1.72. The van der Waals surface area contributed by atoms with Gasteiger partial charge in [-0.1, -0.05) is 18.2 Å². The summed E-state index contributed by atoms with van der Waals surface area (Å²) >= 11 is 0. The maximum atomic E-state index is 13.0. The zero-order valence-corrected chi connectivity index (χ0v) is 10.0. The summed E-state index contributed by atoms with van der Waals surface area (Å²) in [6, 6.07) is 10.8. The lowest BCUT2D eigenvalue weighted by Crippen LogP contribution is -1.97. The summed E-state index contributed by atoms with van der Waals surface area (Å²) in [7, 11) is 0. The van der Waals surface area contributed by atoms with Gasteiger partial charge in [0.05, 0.1) is 6.21 Å². The number of hydrogen-bond donors (Lipinski definition) is 1. The second-order valence-corrected chi connectivity index (χ2v) is 3.89. The maximum absolute atomic E-state index is 13.0. The largest absolute Gasteiger partial charge is 0.489 e. The van der Waals surface area contributed by atoms with Crippen LogP contribution in [-0.4, -0.2) is 6.21 Å². The van der Waals surface area contributed by atoms with E-state index >= 15 is 0 Å². The molecule has 0 spiro atoms. The van der Waals surface area contributed by atoms with Crippen molar-refractivity contribution >= 4 is 6.21 Å². The van der Waals surface area contributed by atoms with Crippen LogP contribution in [0.2, 0.25) is 0 Å². The van der Waals surface area contributed by atoms with Gasteiger partial charge in [-0.05, 0) is 29.3 Å². The molecule has 3 nitrogen and oxygen atoms in total. The van der Waals surface area contributed by atoms with Crippen LogP contribution in [0.25, 0.3) is 0 Å². The molecule has 2 aromatic carbocycles. The topological polar surface area (TPSA) is 47.6 Å². The van der Waals surface area contributed by atoms with Crippen LogP contribution in [0.15, 0.2) is 47.6 Å². The minimum Gasteiger partial charge on any atom is -0.489 e. The molecular formula is C14H12F2N2O. The highest BCUT2D eigenvalue weighted by Crippen LogP contribution is 2.17. The van der Waals surface area contributed by atoms with Gasteiger partial charge >= 0.3 is 0 Å². The molecule has 5 heteroatoms. The standard InChI is InChI=1S/C14H12F2N2O/c15-13-5-4-12(7-14(13)16)19-9-11-3-1-2-10(6-11)8-18-17/h1-8H,9,17H2. The number of hydrogen-bond acceptors (Lipinski definition) is 3. The van der Waals surface area contributed by atoms with E-state index in [4.69, 9.17) is 10.6 Å². The molecule has 0 aliphatic carbocycles. The predicted molar refractivity (Wildman–Crippen MR) is 68.9 cm³/mol. The van der Waals surface area contributed by atoms with E-state index in [1.165, 1.54) is 12.3 Å². The van der Waals surface area contributed by atoms with Gasteiger partial charge in [0, 0.05) is 6.07 Å². The Morgan fingerprint density at radius 3 is 2.68 bits per heavy atom. The van der Waals surface area contributed by atoms with Gasteiger partial charge in [0.25, 0.3) is 0 Å². The van der Waals surface area contributed by atoms with Gasteiger partial charge in [0.15, 0.2) is 11.6 Å². The fraction of sp³-hybridized carbons (Fsp3) is 0.0714. The molecule has 2 aromatic rings. The first-order chi connectivity index (χ1) is 9.19. The zero-order valence-electron chi connectivity index (χ0n) is 10.0. The van der Waals surface area contributed by atoms with Crippen LogP contribution in [-0.2, 0) is 6.61 Å². The van der Waals surface area contributed by atoms with Crippen molar-refractivity contribution in [2.24, 2.45) is 10.9 Å². The first-order valence-electron chi connectivity index (χ1n) is 5.59. The molecule has 0 bridgehead atoms. The highest BCUT2D eigenvalue weighted by atomic mass is 19.2. The van der Waals surface area contributed by atoms with E-state index in [1.54, 1.807) is 0 Å². The monoisotopic (exact) mass is 262 g/mol. The molecule has 0 aliphatic heterocycles. The number of hydrazone groups is 1. The Labute approximate surface area is 109 Å². The molecule has 0 radical (unpaired) electrons. The van der Waals surface area contributed by atoms with Crippen molar-refractivity contribution < 1.29 is 13.5 Å². The van der Waals surface area contributed by atoms with Gasteiger partial charge in [-0.2, -0.15) is 5.10 Å². The van der Waals surface area contributed by atoms with Crippen molar-refractivity contribution in [1.29, 1.82) is 0 Å². The van der Waals surface area contributed by atoms with Gasteiger partial charge in [-0.25, -0.2) is 8.78 Å². The normalized spacial score (nSPS) is 10.8. The molecule has 0 aromatic heterocycles. The number of halogens is 2. The van der Waals surface area contributed by atoms with Crippen LogP contribution < -0.4 is 10.6 Å². The van der Waals surface area contributed by atoms with Crippen molar-refractivity contribution in [2.75, 3.05) is 0 Å². The lowest BCUT2D eigenvalue weighted by molar-refractivity contribution is 0.303. The van der Waals surface area contributed by atoms with E-state index in [0.29, 0.717) is 0 Å². The van der Waals surface area contributed by atoms with E-state index < -0.39 is 11.6 Å². The lowest BCUT2D eigenvalue weighted by Gasteiger charge is -2.07. The summed E-state index contributed by atoms with van der Waals surface area (Å²) < 4.78 is 31.1. The number of ether oxygens (including phenoxy) is 1. The summed E-state index contributed by atoms with van der Waals surface area (Å²) in [6.07, 6.45) is 1.51. The summed E-state index contributed by atoms with van der Waals surface area (Å²) in [5.74, 6) is 3.52. The van der Waals surface area contributed by atoms with Crippen LogP contribution in [0.1, 0.15) is 11.1 Å². The zero-order chi connectivity index (χ0) is 13.7. The number of rotatable bonds is 4. The fourth-order valence-corrected chi connectivity index (χ4v) is 1.58. The summed E-state index contributed by atoms with van der Waals surface area (Å²) in [4.78, 5) is 0. The van der Waals surface area contributed by atoms with E-state index in [9.17, 15) is 8.78 Å². The van der Waals surface area contributed by atoms with E-state index in [2.05, 4.69) is 5.10 Å². The average Bonchev–Trinajstić information content (AvgIpc) is 2.41. The van der Waals surface area contributed by atoms with Gasteiger partial charge < -0.3 is 10.6 Å². The van der Waals surface area contributed by atoms with Crippen molar-refractivity contribution in [3.05, 3.63) is 65.2 Å². The van der Waals surface area contributed by atoms with E-state index in [0.717, 1.165) is 23.3 Å². The van der Waals surface area contributed by atoms with Crippen LogP contribution in [0.5, 0.6) is 5.75 Å². The minimum absolute atomic E-state index is 0.247. The van der Waals surface area contributed by atoms with Gasteiger partial charge in [-0.3, -0.25) is 0 Å². The SMILES string of the molecule is NN=Cc1cccc(COc2ccc(F)c(F)c2)c1. The van der Waals surface area contributed by atoms with Crippen molar-refractivity contribution in [2.45, 2.75) is 6.61 Å². The molecule has 2 rings (SSSR count). The third kappa shape index (κ3) is 3.51. The van der Waals surface area contributed by atoms with Gasteiger partial charge in [-0.15, -0.1) is 0 Å². The fourth-order valence-electron chi connectivity index (χ4n) is 1.58. The Hall–Kier alpha value is -2.43. The molecule has 19 heavy (non-hydrogen) atoms. The van der Waals surface area contributed by atoms with Crippen molar-refractivity contribution in [3.8, 4) is 5.75 Å². The van der Waals surface area contributed by atoms with Crippen molar-refractivity contribution in [3.63, 3.8) is 0 Å². The maximum Gasteiger partial charge on any atom is 0.162 e. The van der Waals surface area contributed by atoms with Crippen molar-refractivity contribution in [1.82, 2.24) is 0 Å². The Balaban J connectivity index is 2.05. The first-order valence-corrected chi connectivity index (χ1v) is 5.59. The van der Waals surface area contributed by atoms with Gasteiger partial charge in [0.2, 0.25) is 0 Å². The molecule has 0 saturated carbocycles. The Morgan fingerprint density at radius 2 is 1.95 bits per heavy atom. The predicted octanol–water partition coefficient (Wildman–Crippen LogP) is 2.84. The third-order valence-corrected chi connectivity index (χ3v) is 2.47. The minimum atomic E-state index is -0.929. The highest BCUT2D eigenvalue weighted by Gasteiger charge is 2.03. The lowest BCUT2D eigenvalue weighted by atomic mass is 10.1. The first kappa shape index (κ1) is 13.0. The van der Waals surface area contributed by atoms with E-state index in [-0.39, 0.29) is 12.4 Å². The second kappa shape index (κ2) is 5.95. The molecule has 0 fully saturated rings. The molecule has 0 aliphatic rings. The molecule has 0 heterocycles. The van der Waals surface area contributed by atoms with Crippen LogP contribution in [0.4, 0.5) is 8.78 Å². The summed E-state index contributed by atoms with van der Waals surface area (Å²) in [6.45, 7) is 0.247. The Kier molecular flexibility index (Phi) is 4.07. The quantitative estimate of drug-likeness (QED) is 0.523. The van der Waals surface area contributed by atoms with Crippen LogP contribution in [0, 0.1) is 11.6 Å². The Morgan fingerprint density at radius 1 is 1.11 bits per heavy atom. The third-order valence-electron chi connectivity index (χ3n) is 2.47. The highest BCUT2D eigenvalue weighted by molar-refractivity contribution is 5.79. The smallest absolute Gasteiger partial charge is 0.162 e. The van der Waals surface area contributed by atoms with Gasteiger partial charge in [0.1, 0.15) is 12.4 Å². The molecule has 0 unspecified atom stereocenters. The Bertz CT molecular complexity index is 600. The number of nitrogens with two attached hydrogens (primary N) is 1. The molecule has 0 saturated heterocycles.